The molecule has 0 aliphatic heterocycles. The van der Waals surface area contributed by atoms with Crippen LogP contribution < -0.4 is 0 Å². The predicted octanol–water partition coefficient (Wildman–Crippen LogP) is 15.6. The van der Waals surface area contributed by atoms with Gasteiger partial charge in [-0.05, 0) is 12.8 Å². The summed E-state index contributed by atoms with van der Waals surface area (Å²) in [7, 11) is 0. The molecule has 4 nitrogen and oxygen atoms in total. The highest BCUT2D eigenvalue weighted by Crippen LogP contribution is 2.70. The Hall–Kier alpha value is -3.37. The summed E-state index contributed by atoms with van der Waals surface area (Å²) in [6.07, 6.45) is -13.9. The zero-order valence-electron chi connectivity index (χ0n) is 35.6. The van der Waals surface area contributed by atoms with Crippen LogP contribution >= 0.6 is 0 Å². The molecule has 0 fully saturated rings. The van der Waals surface area contributed by atoms with Crippen molar-refractivity contribution in [1.29, 1.82) is 0 Å². The lowest BCUT2D eigenvalue weighted by Crippen LogP contribution is -2.80. The fourth-order valence-electron chi connectivity index (χ4n) is 5.57. The van der Waals surface area contributed by atoms with Gasteiger partial charge in [0.25, 0.3) is 0 Å². The van der Waals surface area contributed by atoms with E-state index in [9.17, 15) is 154 Å². The first kappa shape index (κ1) is 68.6. The van der Waals surface area contributed by atoms with Gasteiger partial charge < -0.3 is 9.47 Å². The van der Waals surface area contributed by atoms with E-state index < -0.39 is 139 Å². The van der Waals surface area contributed by atoms with Gasteiger partial charge in [0.05, 0.1) is 6.42 Å². The number of hydrogen-bond acceptors (Lipinski definition) is 4. The van der Waals surface area contributed by atoms with E-state index in [-0.39, 0.29) is 25.7 Å². The summed E-state index contributed by atoms with van der Waals surface area (Å²) in [4.78, 5) is 24.2. The minimum atomic E-state index is -10.3. The molecule has 37 heteroatoms. The maximum absolute atomic E-state index is 14.9. The van der Waals surface area contributed by atoms with E-state index in [1.54, 1.807) is 13.8 Å². The second-order valence-electron chi connectivity index (χ2n) is 15.6. The molecule has 0 aromatic carbocycles. The van der Waals surface area contributed by atoms with Crippen LogP contribution in [-0.4, -0.2) is 120 Å². The molecule has 0 spiro atoms. The maximum Gasteiger partial charge on any atom is 0.460 e. The highest BCUT2D eigenvalue weighted by atomic mass is 19.4. The zero-order valence-corrected chi connectivity index (χ0v) is 35.6. The van der Waals surface area contributed by atoms with E-state index in [2.05, 4.69) is 9.47 Å². The van der Waals surface area contributed by atoms with Crippen molar-refractivity contribution in [3.05, 3.63) is 0 Å². The molecule has 0 aliphatic rings. The first-order valence-electron chi connectivity index (χ1n) is 19.6. The summed E-state index contributed by atoms with van der Waals surface area (Å²) in [6, 6.07) is 0. The van der Waals surface area contributed by atoms with Gasteiger partial charge in [0, 0.05) is 12.8 Å². The minimum Gasteiger partial charge on any atom is -0.462 e. The van der Waals surface area contributed by atoms with Crippen LogP contribution in [0, 0.1) is 0 Å². The van der Waals surface area contributed by atoms with Crippen LogP contribution in [-0.2, 0) is 19.1 Å². The third-order valence-electron chi connectivity index (χ3n) is 10.1. The number of unbranched alkanes of at least 4 members (excludes halogenated alkanes) is 8. The van der Waals surface area contributed by atoms with Crippen molar-refractivity contribution < 1.29 is 164 Å². The van der Waals surface area contributed by atoms with Crippen LogP contribution in [0.25, 0.3) is 0 Å². The highest BCUT2D eigenvalue weighted by molar-refractivity contribution is 5.70. The molecule has 72 heavy (non-hydrogen) atoms. The molecule has 0 radical (unpaired) electrons. The predicted molar refractivity (Wildman–Crippen MR) is 172 cm³/mol. The molecule has 430 valence electrons. The highest BCUT2D eigenvalue weighted by Gasteiger charge is 3.02. The topological polar surface area (TPSA) is 52.6 Å². The average molecular weight is 1150 g/mol. The Morgan fingerprint density at radius 1 is 0.319 bits per heavy atom. The summed E-state index contributed by atoms with van der Waals surface area (Å²) in [5.74, 6) is -148. The van der Waals surface area contributed by atoms with Crippen molar-refractivity contribution in [3.8, 4) is 0 Å². The first-order valence-corrected chi connectivity index (χ1v) is 19.6. The molecule has 0 rings (SSSR count). The molecule has 0 aromatic rings. The smallest absolute Gasteiger partial charge is 0.460 e. The lowest BCUT2D eigenvalue weighted by Gasteiger charge is -2.47. The number of esters is 2. The Kier molecular flexibility index (Phi) is 20.7. The number of carbonyl (C=O) groups excluding carboxylic acids is 2. The van der Waals surface area contributed by atoms with E-state index >= 15 is 0 Å². The molecular weight excluding hydrogens is 1110 g/mol. The van der Waals surface area contributed by atoms with Gasteiger partial charge >= 0.3 is 107 Å². The summed E-state index contributed by atoms with van der Waals surface area (Å²) in [6.45, 7) is 1.40. The van der Waals surface area contributed by atoms with E-state index in [1.807, 2.05) is 0 Å². The molecule has 0 N–H and O–H groups in total. The van der Waals surface area contributed by atoms with Crippen molar-refractivity contribution in [3.63, 3.8) is 0 Å². The van der Waals surface area contributed by atoms with E-state index in [1.165, 1.54) is 0 Å². The Morgan fingerprint density at radius 3 is 0.819 bits per heavy atom. The van der Waals surface area contributed by atoms with Crippen LogP contribution in [0.1, 0.15) is 97.3 Å². The molecule has 0 amide bonds. The van der Waals surface area contributed by atoms with Crippen LogP contribution in [0.15, 0.2) is 0 Å². The fourth-order valence-corrected chi connectivity index (χ4v) is 5.57. The molecule has 0 saturated heterocycles. The number of alkyl halides is 33. The normalized spacial score (nSPS) is 16.0. The molecule has 0 heterocycles. The lowest BCUT2D eigenvalue weighted by atomic mass is 9.82. The first-order chi connectivity index (χ1) is 31.5. The second-order valence-corrected chi connectivity index (χ2v) is 15.6. The summed E-state index contributed by atoms with van der Waals surface area (Å²) in [5, 5.41) is 0. The Balaban J connectivity index is 7.45. The molecule has 1 unspecified atom stereocenters. The largest absolute Gasteiger partial charge is 0.462 e. The van der Waals surface area contributed by atoms with Crippen molar-refractivity contribution in [1.82, 2.24) is 0 Å². The molecule has 0 aliphatic carbocycles. The zero-order chi connectivity index (χ0) is 58.0. The molecule has 0 bridgehead atoms. The SMILES string of the molecule is CCCCCCCC(=O)OCC(CC(F)(F)C(F)(F)C(F)(F)C(F)(F)C(F)(F)C(F)(F)C(F)(F)C(F)(F)C(F)(F)C(F)(F)C(F)(F)C(F)(F)C(F)(F)C(F)(F)C(F)(F)C(F)(F)F)OC(=O)CCCCCCC. The van der Waals surface area contributed by atoms with Gasteiger partial charge in [0.1, 0.15) is 12.7 Å². The van der Waals surface area contributed by atoms with Gasteiger partial charge in [-0.2, -0.15) is 145 Å². The second kappa shape index (κ2) is 21.7. The fraction of sp³-hybridized carbons (Fsp3) is 0.943. The number of carbonyl (C=O) groups is 2. The van der Waals surface area contributed by atoms with Crippen molar-refractivity contribution in [2.45, 2.75) is 198 Å². The molecule has 0 aromatic heterocycles. The Bertz CT molecular complexity index is 1790. The minimum absolute atomic E-state index is 0.0958. The molecule has 1 atom stereocenters. The standard InChI is InChI=1S/C35H35F33O4/c1-3-5-7-9-11-13-18(69)71-16-17(72-19(70)14-12-10-8-6-4-2)15-20(36,37)21(38,39)22(40,41)23(42,43)24(44,45)25(46,47)26(48,49)27(50,51)28(52,53)29(54,55)30(56,57)31(58,59)32(60,61)33(62,63)34(64,65)35(66,67)68/h17H,3-16H2,1-2H3. The Labute approximate surface area is 381 Å². The summed E-state index contributed by atoms with van der Waals surface area (Å²) < 4.78 is 471. The van der Waals surface area contributed by atoms with Gasteiger partial charge in [-0.1, -0.05) is 65.2 Å². The van der Waals surface area contributed by atoms with Crippen LogP contribution in [0.3, 0.4) is 0 Å². The Morgan fingerprint density at radius 2 is 0.556 bits per heavy atom. The number of rotatable bonds is 31. The van der Waals surface area contributed by atoms with E-state index in [4.69, 9.17) is 0 Å². The monoisotopic (exact) mass is 1150 g/mol. The number of ether oxygens (including phenoxy) is 2. The number of hydrogen-bond donors (Lipinski definition) is 0. The summed E-state index contributed by atoms with van der Waals surface area (Å²) in [5.41, 5.74) is 0. The van der Waals surface area contributed by atoms with Gasteiger partial charge in [-0.15, -0.1) is 0 Å². The third kappa shape index (κ3) is 11.3. The third-order valence-corrected chi connectivity index (χ3v) is 10.1. The quantitative estimate of drug-likeness (QED) is 0.0394. The molecular formula is C35H35F33O4. The van der Waals surface area contributed by atoms with Gasteiger partial charge in [-0.3, -0.25) is 9.59 Å². The van der Waals surface area contributed by atoms with Crippen molar-refractivity contribution in [2.24, 2.45) is 0 Å². The van der Waals surface area contributed by atoms with Crippen LogP contribution in [0.2, 0.25) is 0 Å². The number of halogens is 33. The van der Waals surface area contributed by atoms with E-state index in [0.717, 1.165) is 0 Å². The van der Waals surface area contributed by atoms with Crippen LogP contribution in [0.5, 0.6) is 0 Å². The van der Waals surface area contributed by atoms with Crippen molar-refractivity contribution in [2.75, 3.05) is 6.61 Å². The molecule has 0 saturated carbocycles. The van der Waals surface area contributed by atoms with Gasteiger partial charge in [-0.25, -0.2) is 0 Å². The lowest BCUT2D eigenvalue weighted by molar-refractivity contribution is -0.491. The van der Waals surface area contributed by atoms with Gasteiger partial charge in [0.2, 0.25) is 0 Å². The van der Waals surface area contributed by atoms with Crippen molar-refractivity contribution >= 4 is 11.9 Å². The van der Waals surface area contributed by atoms with Gasteiger partial charge in [0.15, 0.2) is 0 Å². The maximum atomic E-state index is 14.9. The van der Waals surface area contributed by atoms with E-state index in [0.29, 0.717) is 38.5 Å². The summed E-state index contributed by atoms with van der Waals surface area (Å²) >= 11 is 0. The average Bonchev–Trinajstić information content (AvgIpc) is 3.20. The van der Waals surface area contributed by atoms with Crippen LogP contribution in [0.4, 0.5) is 145 Å².